The topological polar surface area (TPSA) is 29.3 Å². The number of thiophene rings is 2. The molecule has 2 unspecified atom stereocenters. The third-order valence-corrected chi connectivity index (χ3v) is 5.91. The van der Waals surface area contributed by atoms with Gasteiger partial charge in [-0.3, -0.25) is 4.90 Å². The number of hydrogen-bond acceptors (Lipinski definition) is 4. The van der Waals surface area contributed by atoms with E-state index in [1.54, 1.807) is 0 Å². The van der Waals surface area contributed by atoms with E-state index in [-0.39, 0.29) is 6.04 Å². The minimum Gasteiger partial charge on any atom is -0.326 e. The van der Waals surface area contributed by atoms with Crippen molar-refractivity contribution >= 4 is 22.7 Å². The summed E-state index contributed by atoms with van der Waals surface area (Å²) in [7, 11) is 0. The van der Waals surface area contributed by atoms with Crippen molar-refractivity contribution in [2.24, 2.45) is 5.73 Å². The Balaban J connectivity index is 1.88. The molecule has 2 atom stereocenters. The first-order valence-corrected chi connectivity index (χ1v) is 9.00. The number of nitrogens with two attached hydrogens (primary N) is 1. The van der Waals surface area contributed by atoms with Crippen molar-refractivity contribution in [3.63, 3.8) is 0 Å². The molecule has 3 rings (SSSR count). The first-order chi connectivity index (χ1) is 9.66. The lowest BCUT2D eigenvalue weighted by molar-refractivity contribution is 0.161. The molecule has 1 aliphatic carbocycles. The minimum absolute atomic E-state index is 0.160. The van der Waals surface area contributed by atoms with E-state index >= 15 is 0 Å². The zero-order valence-corrected chi connectivity index (χ0v) is 13.7. The van der Waals surface area contributed by atoms with Gasteiger partial charge in [-0.2, -0.15) is 0 Å². The first kappa shape index (κ1) is 14.3. The molecule has 2 aromatic rings. The molecule has 1 saturated carbocycles. The van der Waals surface area contributed by atoms with Crippen LogP contribution in [0.5, 0.6) is 0 Å². The predicted octanol–water partition coefficient (Wildman–Crippen LogP) is 4.17. The SMILES string of the molecule is Cc1ccsc1C(C(C)N)N(Cc1cccs1)C1CC1. The van der Waals surface area contributed by atoms with Crippen LogP contribution in [-0.2, 0) is 6.54 Å². The van der Waals surface area contributed by atoms with Crippen molar-refractivity contribution in [3.8, 4) is 0 Å². The lowest BCUT2D eigenvalue weighted by atomic mass is 10.0. The Morgan fingerprint density at radius 3 is 2.60 bits per heavy atom. The van der Waals surface area contributed by atoms with Crippen LogP contribution in [0, 0.1) is 6.92 Å². The highest BCUT2D eigenvalue weighted by molar-refractivity contribution is 7.10. The molecule has 1 aliphatic rings. The van der Waals surface area contributed by atoms with E-state index in [1.165, 1.54) is 28.2 Å². The quantitative estimate of drug-likeness (QED) is 0.868. The van der Waals surface area contributed by atoms with Crippen LogP contribution in [0.1, 0.15) is 41.1 Å². The Morgan fingerprint density at radius 1 is 1.30 bits per heavy atom. The summed E-state index contributed by atoms with van der Waals surface area (Å²) in [4.78, 5) is 5.52. The summed E-state index contributed by atoms with van der Waals surface area (Å²) in [5.74, 6) is 0. The van der Waals surface area contributed by atoms with Gasteiger partial charge in [0.2, 0.25) is 0 Å². The monoisotopic (exact) mass is 306 g/mol. The summed E-state index contributed by atoms with van der Waals surface area (Å²) in [5, 5.41) is 4.36. The van der Waals surface area contributed by atoms with Gasteiger partial charge in [0.15, 0.2) is 0 Å². The van der Waals surface area contributed by atoms with Gasteiger partial charge in [0.05, 0.1) is 6.04 Å². The smallest absolute Gasteiger partial charge is 0.0599 e. The Kier molecular flexibility index (Phi) is 4.26. The highest BCUT2D eigenvalue weighted by Crippen LogP contribution is 2.40. The van der Waals surface area contributed by atoms with Gasteiger partial charge in [-0.25, -0.2) is 0 Å². The second-order valence-electron chi connectivity index (χ2n) is 5.75. The number of aryl methyl sites for hydroxylation is 1. The van der Waals surface area contributed by atoms with Gasteiger partial charge in [0, 0.05) is 28.4 Å². The largest absolute Gasteiger partial charge is 0.326 e. The molecule has 0 aromatic carbocycles. The molecule has 2 aromatic heterocycles. The summed E-state index contributed by atoms with van der Waals surface area (Å²) in [6.07, 6.45) is 2.64. The summed E-state index contributed by atoms with van der Waals surface area (Å²) in [5.41, 5.74) is 7.74. The zero-order chi connectivity index (χ0) is 14.1. The predicted molar refractivity (Wildman–Crippen MR) is 88.3 cm³/mol. The van der Waals surface area contributed by atoms with Gasteiger partial charge in [0.25, 0.3) is 0 Å². The van der Waals surface area contributed by atoms with Crippen LogP contribution in [0.15, 0.2) is 29.0 Å². The molecular formula is C16H22N2S2. The third kappa shape index (κ3) is 2.98. The van der Waals surface area contributed by atoms with Crippen LogP contribution in [0.25, 0.3) is 0 Å². The molecule has 0 amide bonds. The van der Waals surface area contributed by atoms with E-state index in [4.69, 9.17) is 5.73 Å². The minimum atomic E-state index is 0.160. The standard InChI is InChI=1S/C16H22N2S2/c1-11-7-9-20-16(11)15(12(2)17)18(13-5-6-13)10-14-4-3-8-19-14/h3-4,7-9,12-13,15H,5-6,10,17H2,1-2H3. The van der Waals surface area contributed by atoms with Gasteiger partial charge in [-0.1, -0.05) is 6.07 Å². The Labute approximate surface area is 129 Å². The van der Waals surface area contributed by atoms with Crippen LogP contribution in [0.2, 0.25) is 0 Å². The van der Waals surface area contributed by atoms with Crippen LogP contribution in [-0.4, -0.2) is 17.0 Å². The molecule has 2 nitrogen and oxygen atoms in total. The second kappa shape index (κ2) is 5.98. The fourth-order valence-corrected chi connectivity index (χ4v) is 4.70. The van der Waals surface area contributed by atoms with E-state index in [9.17, 15) is 0 Å². The van der Waals surface area contributed by atoms with Gasteiger partial charge in [0.1, 0.15) is 0 Å². The lowest BCUT2D eigenvalue weighted by Crippen LogP contribution is -2.40. The maximum absolute atomic E-state index is 6.36. The van der Waals surface area contributed by atoms with Gasteiger partial charge in [-0.05, 0) is 55.1 Å². The maximum Gasteiger partial charge on any atom is 0.0599 e. The highest BCUT2D eigenvalue weighted by Gasteiger charge is 2.37. The van der Waals surface area contributed by atoms with Crippen molar-refractivity contribution in [2.45, 2.75) is 51.4 Å². The van der Waals surface area contributed by atoms with Crippen LogP contribution >= 0.6 is 22.7 Å². The van der Waals surface area contributed by atoms with Crippen molar-refractivity contribution in [2.75, 3.05) is 0 Å². The lowest BCUT2D eigenvalue weighted by Gasteiger charge is -2.34. The number of rotatable bonds is 6. The molecule has 2 N–H and O–H groups in total. The Bertz CT molecular complexity index is 541. The number of nitrogens with zero attached hydrogens (tertiary/aromatic N) is 1. The maximum atomic E-state index is 6.36. The molecule has 0 saturated heterocycles. The fraction of sp³-hybridized carbons (Fsp3) is 0.500. The molecular weight excluding hydrogens is 284 g/mol. The molecule has 0 spiro atoms. The first-order valence-electron chi connectivity index (χ1n) is 7.24. The molecule has 0 aliphatic heterocycles. The van der Waals surface area contributed by atoms with E-state index in [1.807, 2.05) is 22.7 Å². The van der Waals surface area contributed by atoms with E-state index in [2.05, 4.69) is 47.7 Å². The van der Waals surface area contributed by atoms with Crippen LogP contribution in [0.3, 0.4) is 0 Å². The van der Waals surface area contributed by atoms with Crippen LogP contribution < -0.4 is 5.73 Å². The second-order valence-corrected chi connectivity index (χ2v) is 7.73. The van der Waals surface area contributed by atoms with E-state index in [0.29, 0.717) is 6.04 Å². The average Bonchev–Trinajstić information content (AvgIpc) is 2.97. The average molecular weight is 307 g/mol. The van der Waals surface area contributed by atoms with Crippen molar-refractivity contribution in [1.82, 2.24) is 4.90 Å². The Morgan fingerprint density at radius 2 is 2.10 bits per heavy atom. The van der Waals surface area contributed by atoms with Gasteiger partial charge >= 0.3 is 0 Å². The highest BCUT2D eigenvalue weighted by atomic mass is 32.1. The molecule has 108 valence electrons. The zero-order valence-electron chi connectivity index (χ0n) is 12.1. The van der Waals surface area contributed by atoms with Gasteiger partial charge < -0.3 is 5.73 Å². The fourth-order valence-electron chi connectivity index (χ4n) is 2.82. The van der Waals surface area contributed by atoms with Crippen LogP contribution in [0.4, 0.5) is 0 Å². The normalized spacial score (nSPS) is 18.4. The summed E-state index contributed by atoms with van der Waals surface area (Å²) in [6.45, 7) is 5.39. The van der Waals surface area contributed by atoms with Crippen molar-refractivity contribution < 1.29 is 0 Å². The van der Waals surface area contributed by atoms with Gasteiger partial charge in [-0.15, -0.1) is 22.7 Å². The van der Waals surface area contributed by atoms with Crippen molar-refractivity contribution in [3.05, 3.63) is 44.3 Å². The molecule has 1 fully saturated rings. The summed E-state index contributed by atoms with van der Waals surface area (Å²) >= 11 is 3.70. The molecule has 0 radical (unpaired) electrons. The summed E-state index contributed by atoms with van der Waals surface area (Å²) in [6, 6.07) is 7.82. The molecule has 2 heterocycles. The molecule has 4 heteroatoms. The van der Waals surface area contributed by atoms with E-state index < -0.39 is 0 Å². The van der Waals surface area contributed by atoms with E-state index in [0.717, 1.165) is 12.6 Å². The van der Waals surface area contributed by atoms with Crippen molar-refractivity contribution in [1.29, 1.82) is 0 Å². The molecule has 20 heavy (non-hydrogen) atoms. The Hall–Kier alpha value is -0.680. The number of hydrogen-bond donors (Lipinski definition) is 1. The third-order valence-electron chi connectivity index (χ3n) is 3.96. The summed E-state index contributed by atoms with van der Waals surface area (Å²) < 4.78 is 0. The molecule has 0 bridgehead atoms.